The lowest BCUT2D eigenvalue weighted by Gasteiger charge is -2.12. The molecule has 1 heterocycles. The summed E-state index contributed by atoms with van der Waals surface area (Å²) in [4.78, 5) is 11.9. The Hall–Kier alpha value is -1.48. The minimum atomic E-state index is -0.153. The minimum absolute atomic E-state index is 0.128. The first kappa shape index (κ1) is 12.5. The largest absolute Gasteiger partial charge is 0.461 e. The van der Waals surface area contributed by atoms with Crippen molar-refractivity contribution in [3.63, 3.8) is 0 Å². The first-order valence-electron chi connectivity index (χ1n) is 6.66. The van der Waals surface area contributed by atoms with Gasteiger partial charge in [0.05, 0.1) is 0 Å². The van der Waals surface area contributed by atoms with E-state index in [1.165, 1.54) is 12.8 Å². The highest BCUT2D eigenvalue weighted by Crippen LogP contribution is 2.23. The van der Waals surface area contributed by atoms with Gasteiger partial charge in [0.25, 0.3) is 0 Å². The highest BCUT2D eigenvalue weighted by molar-refractivity contribution is 6.31. The number of ether oxygens (including phenoxy) is 1. The Balaban J connectivity index is 1.72. The summed E-state index contributed by atoms with van der Waals surface area (Å²) in [6.45, 7) is 0.266. The molecule has 0 radical (unpaired) electrons. The van der Waals surface area contributed by atoms with Crippen molar-refractivity contribution in [1.82, 2.24) is 4.57 Å². The van der Waals surface area contributed by atoms with Gasteiger partial charge >= 0.3 is 5.97 Å². The van der Waals surface area contributed by atoms with E-state index in [1.54, 1.807) is 0 Å². The van der Waals surface area contributed by atoms with E-state index >= 15 is 0 Å². The molecule has 3 rings (SSSR count). The number of esters is 1. The summed E-state index contributed by atoms with van der Waals surface area (Å²) in [5.74, 6) is -0.153. The predicted octanol–water partition coefficient (Wildman–Crippen LogP) is 3.78. The number of halogens is 1. The van der Waals surface area contributed by atoms with E-state index in [-0.39, 0.29) is 18.6 Å². The van der Waals surface area contributed by atoms with Crippen LogP contribution in [0.4, 0.5) is 0 Å². The zero-order valence-electron chi connectivity index (χ0n) is 10.6. The molecule has 1 fully saturated rings. The van der Waals surface area contributed by atoms with E-state index in [9.17, 15) is 4.79 Å². The highest BCUT2D eigenvalue weighted by Gasteiger charge is 2.19. The Bertz CT molecular complexity index is 599. The third kappa shape index (κ3) is 2.76. The van der Waals surface area contributed by atoms with Crippen LogP contribution in [0.3, 0.4) is 0 Å². The number of fused-ring (bicyclic) bond motifs is 1. The van der Waals surface area contributed by atoms with Crippen LogP contribution in [0.25, 0.3) is 10.9 Å². The van der Waals surface area contributed by atoms with E-state index in [0.717, 1.165) is 23.7 Å². The second-order valence-electron chi connectivity index (χ2n) is 5.04. The number of hydrogen-bond acceptors (Lipinski definition) is 2. The Labute approximate surface area is 117 Å². The van der Waals surface area contributed by atoms with Crippen molar-refractivity contribution < 1.29 is 9.53 Å². The molecule has 2 aromatic rings. The summed E-state index contributed by atoms with van der Waals surface area (Å²) in [5, 5.41) is 1.75. The summed E-state index contributed by atoms with van der Waals surface area (Å²) in [6, 6.07) is 7.63. The maximum atomic E-state index is 11.9. The number of carbonyl (C=O) groups is 1. The van der Waals surface area contributed by atoms with Crippen LogP contribution in [-0.2, 0) is 16.1 Å². The predicted molar refractivity (Wildman–Crippen MR) is 75.3 cm³/mol. The van der Waals surface area contributed by atoms with E-state index in [1.807, 2.05) is 35.0 Å². The standard InChI is InChI=1S/C15H16ClNO2/c16-12-5-6-14-11(9-12)7-8-17(14)10-15(18)19-13-3-1-2-4-13/h5-9,13H,1-4,10H2. The molecule has 0 spiro atoms. The van der Waals surface area contributed by atoms with Crippen molar-refractivity contribution in [3.8, 4) is 0 Å². The van der Waals surface area contributed by atoms with Gasteiger partial charge in [0, 0.05) is 22.1 Å². The molecule has 0 amide bonds. The molecule has 1 aromatic heterocycles. The lowest BCUT2D eigenvalue weighted by Crippen LogP contribution is -2.19. The van der Waals surface area contributed by atoms with Gasteiger partial charge in [-0.2, -0.15) is 0 Å². The van der Waals surface area contributed by atoms with Crippen molar-refractivity contribution in [2.45, 2.75) is 38.3 Å². The number of aromatic nitrogens is 1. The van der Waals surface area contributed by atoms with Crippen LogP contribution in [0.5, 0.6) is 0 Å². The van der Waals surface area contributed by atoms with Crippen LogP contribution in [0.1, 0.15) is 25.7 Å². The van der Waals surface area contributed by atoms with Gasteiger partial charge in [-0.15, -0.1) is 0 Å². The van der Waals surface area contributed by atoms with E-state index < -0.39 is 0 Å². The number of rotatable bonds is 3. The summed E-state index contributed by atoms with van der Waals surface area (Å²) < 4.78 is 7.38. The van der Waals surface area contributed by atoms with Gasteiger partial charge in [-0.3, -0.25) is 4.79 Å². The maximum Gasteiger partial charge on any atom is 0.326 e. The lowest BCUT2D eigenvalue weighted by molar-refractivity contribution is -0.149. The van der Waals surface area contributed by atoms with Gasteiger partial charge in [-0.05, 0) is 49.9 Å². The molecule has 0 saturated heterocycles. The number of hydrogen-bond donors (Lipinski definition) is 0. The average Bonchev–Trinajstić information content (AvgIpc) is 2.99. The molecule has 0 unspecified atom stereocenters. The molecular weight excluding hydrogens is 262 g/mol. The smallest absolute Gasteiger partial charge is 0.326 e. The van der Waals surface area contributed by atoms with Crippen LogP contribution in [0.15, 0.2) is 30.5 Å². The van der Waals surface area contributed by atoms with Crippen molar-refractivity contribution in [2.24, 2.45) is 0 Å². The van der Waals surface area contributed by atoms with Gasteiger partial charge in [0.15, 0.2) is 0 Å². The third-order valence-electron chi connectivity index (χ3n) is 3.63. The van der Waals surface area contributed by atoms with Gasteiger partial charge in [0.1, 0.15) is 12.6 Å². The average molecular weight is 278 g/mol. The topological polar surface area (TPSA) is 31.2 Å². The molecule has 19 heavy (non-hydrogen) atoms. The highest BCUT2D eigenvalue weighted by atomic mass is 35.5. The minimum Gasteiger partial charge on any atom is -0.461 e. The van der Waals surface area contributed by atoms with Crippen LogP contribution in [0.2, 0.25) is 5.02 Å². The molecule has 1 saturated carbocycles. The van der Waals surface area contributed by atoms with Crippen molar-refractivity contribution >= 4 is 28.5 Å². The van der Waals surface area contributed by atoms with Gasteiger partial charge < -0.3 is 9.30 Å². The summed E-state index contributed by atoms with van der Waals surface area (Å²) >= 11 is 5.95. The first-order valence-corrected chi connectivity index (χ1v) is 7.04. The van der Waals surface area contributed by atoms with Crippen LogP contribution < -0.4 is 0 Å². The van der Waals surface area contributed by atoms with Crippen molar-refractivity contribution in [1.29, 1.82) is 0 Å². The fourth-order valence-corrected chi connectivity index (χ4v) is 2.86. The number of benzene rings is 1. The fraction of sp³-hybridized carbons (Fsp3) is 0.400. The van der Waals surface area contributed by atoms with E-state index in [0.29, 0.717) is 5.02 Å². The lowest BCUT2D eigenvalue weighted by atomic mass is 10.2. The van der Waals surface area contributed by atoms with Gasteiger partial charge in [-0.1, -0.05) is 11.6 Å². The van der Waals surface area contributed by atoms with Gasteiger partial charge in [-0.25, -0.2) is 0 Å². The van der Waals surface area contributed by atoms with Crippen LogP contribution in [-0.4, -0.2) is 16.6 Å². The normalized spacial score (nSPS) is 16.1. The zero-order chi connectivity index (χ0) is 13.2. The monoisotopic (exact) mass is 277 g/mol. The number of carbonyl (C=O) groups excluding carboxylic acids is 1. The second-order valence-corrected chi connectivity index (χ2v) is 5.48. The molecule has 0 bridgehead atoms. The van der Waals surface area contributed by atoms with E-state index in [2.05, 4.69) is 0 Å². The molecule has 0 aliphatic heterocycles. The van der Waals surface area contributed by atoms with E-state index in [4.69, 9.17) is 16.3 Å². The summed E-state index contributed by atoms with van der Waals surface area (Å²) in [6.07, 6.45) is 6.38. The molecule has 1 aliphatic carbocycles. The molecular formula is C15H16ClNO2. The molecule has 3 nitrogen and oxygen atoms in total. The zero-order valence-corrected chi connectivity index (χ0v) is 11.4. The van der Waals surface area contributed by atoms with Crippen LogP contribution >= 0.6 is 11.6 Å². The Morgan fingerprint density at radius 1 is 1.32 bits per heavy atom. The maximum absolute atomic E-state index is 11.9. The number of nitrogens with zero attached hydrogens (tertiary/aromatic N) is 1. The molecule has 1 aromatic carbocycles. The molecule has 4 heteroatoms. The Morgan fingerprint density at radius 2 is 2.11 bits per heavy atom. The Kier molecular flexibility index (Phi) is 3.47. The second kappa shape index (κ2) is 5.25. The SMILES string of the molecule is O=C(Cn1ccc2cc(Cl)ccc21)OC1CCCC1. The molecule has 0 atom stereocenters. The quantitative estimate of drug-likeness (QED) is 0.800. The van der Waals surface area contributed by atoms with Crippen LogP contribution in [0, 0.1) is 0 Å². The Morgan fingerprint density at radius 3 is 2.89 bits per heavy atom. The van der Waals surface area contributed by atoms with Crippen molar-refractivity contribution in [3.05, 3.63) is 35.5 Å². The first-order chi connectivity index (χ1) is 9.22. The summed E-state index contributed by atoms with van der Waals surface area (Å²) in [7, 11) is 0. The third-order valence-corrected chi connectivity index (χ3v) is 3.87. The summed E-state index contributed by atoms with van der Waals surface area (Å²) in [5.41, 5.74) is 1.01. The van der Waals surface area contributed by atoms with Gasteiger partial charge in [0.2, 0.25) is 0 Å². The molecule has 1 aliphatic rings. The van der Waals surface area contributed by atoms with Crippen molar-refractivity contribution in [2.75, 3.05) is 0 Å². The molecule has 0 N–H and O–H groups in total. The molecule has 100 valence electrons. The fourth-order valence-electron chi connectivity index (χ4n) is 2.68.